The summed E-state index contributed by atoms with van der Waals surface area (Å²) in [5.41, 5.74) is 6.82. The Hall–Kier alpha value is -1.62. The molecule has 0 atom stereocenters. The lowest BCUT2D eigenvalue weighted by Gasteiger charge is -2.27. The molecule has 0 unspecified atom stereocenters. The minimum absolute atomic E-state index is 0.0148. The van der Waals surface area contributed by atoms with Crippen molar-refractivity contribution in [1.29, 1.82) is 0 Å². The lowest BCUT2D eigenvalue weighted by atomic mass is 10.1. The van der Waals surface area contributed by atoms with Gasteiger partial charge in [-0.2, -0.15) is 0 Å². The molecule has 0 aromatic heterocycles. The van der Waals surface area contributed by atoms with E-state index in [0.717, 1.165) is 5.69 Å². The van der Waals surface area contributed by atoms with Crippen LogP contribution < -0.4 is 20.5 Å². The van der Waals surface area contributed by atoms with Crippen molar-refractivity contribution < 1.29 is 14.6 Å². The standard InChI is InChI=1S/C12H18N2O3/c1-12(2,7-15)14-9-6-11-10(5-8(9)13)16-3-4-17-11/h5-6,14-15H,3-4,7,13H2,1-2H3. The molecule has 1 aromatic rings. The summed E-state index contributed by atoms with van der Waals surface area (Å²) >= 11 is 0. The van der Waals surface area contributed by atoms with E-state index in [1.807, 2.05) is 13.8 Å². The first-order chi connectivity index (χ1) is 8.02. The Labute approximate surface area is 101 Å². The highest BCUT2D eigenvalue weighted by Crippen LogP contribution is 2.37. The molecule has 0 spiro atoms. The highest BCUT2D eigenvalue weighted by atomic mass is 16.6. The lowest BCUT2D eigenvalue weighted by molar-refractivity contribution is 0.171. The van der Waals surface area contributed by atoms with Crippen LogP contribution in [0, 0.1) is 0 Å². The quantitative estimate of drug-likeness (QED) is 0.690. The highest BCUT2D eigenvalue weighted by molar-refractivity contribution is 5.72. The van der Waals surface area contributed by atoms with Gasteiger partial charge in [0.2, 0.25) is 0 Å². The maximum atomic E-state index is 9.23. The van der Waals surface area contributed by atoms with Crippen LogP contribution in [0.3, 0.4) is 0 Å². The molecule has 5 nitrogen and oxygen atoms in total. The summed E-state index contributed by atoms with van der Waals surface area (Å²) in [6.07, 6.45) is 0. The second-order valence-electron chi connectivity index (χ2n) is 4.75. The largest absolute Gasteiger partial charge is 0.486 e. The summed E-state index contributed by atoms with van der Waals surface area (Å²) in [4.78, 5) is 0. The van der Waals surface area contributed by atoms with Crippen molar-refractivity contribution in [3.05, 3.63) is 12.1 Å². The van der Waals surface area contributed by atoms with Crippen molar-refractivity contribution in [3.63, 3.8) is 0 Å². The SMILES string of the molecule is CC(C)(CO)Nc1cc2c(cc1N)OCCO2. The molecule has 94 valence electrons. The number of nitrogen functional groups attached to an aromatic ring is 1. The van der Waals surface area contributed by atoms with Crippen molar-refractivity contribution in [2.24, 2.45) is 0 Å². The zero-order chi connectivity index (χ0) is 12.5. The number of nitrogens with one attached hydrogen (secondary N) is 1. The topological polar surface area (TPSA) is 76.7 Å². The first-order valence-electron chi connectivity index (χ1n) is 5.60. The third-order valence-electron chi connectivity index (χ3n) is 2.58. The minimum atomic E-state index is -0.433. The fourth-order valence-electron chi connectivity index (χ4n) is 1.62. The average molecular weight is 238 g/mol. The van der Waals surface area contributed by atoms with Gasteiger partial charge in [0.15, 0.2) is 11.5 Å². The lowest BCUT2D eigenvalue weighted by Crippen LogP contribution is -2.35. The molecule has 0 saturated heterocycles. The van der Waals surface area contributed by atoms with Crippen molar-refractivity contribution >= 4 is 11.4 Å². The fraction of sp³-hybridized carbons (Fsp3) is 0.500. The maximum absolute atomic E-state index is 9.23. The number of rotatable bonds is 3. The average Bonchev–Trinajstić information content (AvgIpc) is 2.30. The van der Waals surface area contributed by atoms with Gasteiger partial charge in [-0.3, -0.25) is 0 Å². The van der Waals surface area contributed by atoms with Crippen LogP contribution >= 0.6 is 0 Å². The summed E-state index contributed by atoms with van der Waals surface area (Å²) in [5, 5.41) is 12.4. The van der Waals surface area contributed by atoms with Crippen LogP contribution in [0.4, 0.5) is 11.4 Å². The molecule has 17 heavy (non-hydrogen) atoms. The zero-order valence-corrected chi connectivity index (χ0v) is 10.1. The van der Waals surface area contributed by atoms with E-state index in [1.54, 1.807) is 12.1 Å². The van der Waals surface area contributed by atoms with Crippen LogP contribution in [0.1, 0.15) is 13.8 Å². The zero-order valence-electron chi connectivity index (χ0n) is 10.1. The van der Waals surface area contributed by atoms with Crippen molar-refractivity contribution in [2.75, 3.05) is 30.9 Å². The van der Waals surface area contributed by atoms with Crippen LogP contribution in [-0.2, 0) is 0 Å². The maximum Gasteiger partial charge on any atom is 0.163 e. The monoisotopic (exact) mass is 238 g/mol. The number of hydrogen-bond donors (Lipinski definition) is 3. The smallest absolute Gasteiger partial charge is 0.163 e. The summed E-state index contributed by atoms with van der Waals surface area (Å²) < 4.78 is 10.9. The second kappa shape index (κ2) is 4.33. The van der Waals surface area contributed by atoms with Gasteiger partial charge < -0.3 is 25.6 Å². The van der Waals surface area contributed by atoms with Crippen LogP contribution in [0.2, 0.25) is 0 Å². The van der Waals surface area contributed by atoms with Crippen LogP contribution in [-0.4, -0.2) is 30.5 Å². The molecule has 2 rings (SSSR count). The number of benzene rings is 1. The van der Waals surface area contributed by atoms with Gasteiger partial charge >= 0.3 is 0 Å². The third kappa shape index (κ3) is 2.55. The third-order valence-corrected chi connectivity index (χ3v) is 2.58. The summed E-state index contributed by atoms with van der Waals surface area (Å²) in [6.45, 7) is 4.88. The Bertz CT molecular complexity index is 418. The Balaban J connectivity index is 2.29. The molecule has 1 aromatic carbocycles. The van der Waals surface area contributed by atoms with E-state index in [-0.39, 0.29) is 6.61 Å². The number of ether oxygens (including phenoxy) is 2. The molecule has 1 aliphatic heterocycles. The fourth-order valence-corrected chi connectivity index (χ4v) is 1.62. The predicted octanol–water partition coefficient (Wildman–Crippen LogP) is 1.22. The summed E-state index contributed by atoms with van der Waals surface area (Å²) in [7, 11) is 0. The van der Waals surface area contributed by atoms with E-state index in [1.165, 1.54) is 0 Å². The molecule has 0 amide bonds. The van der Waals surface area contributed by atoms with Crippen LogP contribution in [0.5, 0.6) is 11.5 Å². The molecule has 0 aliphatic carbocycles. The van der Waals surface area contributed by atoms with E-state index in [2.05, 4.69) is 5.32 Å². The molecule has 0 radical (unpaired) electrons. The molecule has 4 N–H and O–H groups in total. The summed E-state index contributed by atoms with van der Waals surface area (Å²) in [5.74, 6) is 1.35. The van der Waals surface area contributed by atoms with E-state index >= 15 is 0 Å². The number of aliphatic hydroxyl groups is 1. The highest BCUT2D eigenvalue weighted by Gasteiger charge is 2.20. The van der Waals surface area contributed by atoms with Gasteiger partial charge in [0.25, 0.3) is 0 Å². The van der Waals surface area contributed by atoms with E-state index in [4.69, 9.17) is 15.2 Å². The number of anilines is 2. The van der Waals surface area contributed by atoms with Crippen molar-refractivity contribution in [3.8, 4) is 11.5 Å². The summed E-state index contributed by atoms with van der Waals surface area (Å²) in [6, 6.07) is 3.55. The molecular formula is C12H18N2O3. The molecule has 1 aliphatic rings. The Kier molecular flexibility index (Phi) is 3.02. The van der Waals surface area contributed by atoms with Crippen molar-refractivity contribution in [2.45, 2.75) is 19.4 Å². The van der Waals surface area contributed by atoms with Gasteiger partial charge in [0.1, 0.15) is 13.2 Å². The first kappa shape index (κ1) is 11.9. The molecule has 0 bridgehead atoms. The minimum Gasteiger partial charge on any atom is -0.486 e. The van der Waals surface area contributed by atoms with Gasteiger partial charge in [-0.1, -0.05) is 0 Å². The van der Waals surface area contributed by atoms with Crippen LogP contribution in [0.15, 0.2) is 12.1 Å². The number of nitrogens with two attached hydrogens (primary N) is 1. The number of fused-ring (bicyclic) bond motifs is 1. The Morgan fingerprint density at radius 1 is 1.29 bits per heavy atom. The Morgan fingerprint density at radius 2 is 1.88 bits per heavy atom. The molecule has 0 fully saturated rings. The van der Waals surface area contributed by atoms with E-state index < -0.39 is 5.54 Å². The Morgan fingerprint density at radius 3 is 2.47 bits per heavy atom. The molecular weight excluding hydrogens is 220 g/mol. The van der Waals surface area contributed by atoms with Gasteiger partial charge in [0, 0.05) is 12.1 Å². The van der Waals surface area contributed by atoms with Crippen LogP contribution in [0.25, 0.3) is 0 Å². The van der Waals surface area contributed by atoms with Gasteiger partial charge in [0.05, 0.1) is 23.5 Å². The van der Waals surface area contributed by atoms with E-state index in [0.29, 0.717) is 30.4 Å². The van der Waals surface area contributed by atoms with Gasteiger partial charge in [-0.15, -0.1) is 0 Å². The molecule has 1 heterocycles. The first-order valence-corrected chi connectivity index (χ1v) is 5.60. The molecule has 0 saturated carbocycles. The van der Waals surface area contributed by atoms with E-state index in [9.17, 15) is 5.11 Å². The normalized spacial score (nSPS) is 14.5. The van der Waals surface area contributed by atoms with Gasteiger partial charge in [-0.05, 0) is 13.8 Å². The second-order valence-corrected chi connectivity index (χ2v) is 4.75. The number of aliphatic hydroxyl groups excluding tert-OH is 1. The molecule has 5 heteroatoms. The van der Waals surface area contributed by atoms with Gasteiger partial charge in [-0.25, -0.2) is 0 Å². The predicted molar refractivity (Wildman–Crippen MR) is 66.6 cm³/mol. The van der Waals surface area contributed by atoms with Crippen molar-refractivity contribution in [1.82, 2.24) is 0 Å². The number of hydrogen-bond acceptors (Lipinski definition) is 5.